The van der Waals surface area contributed by atoms with E-state index < -0.39 is 0 Å². The zero-order valence-electron chi connectivity index (χ0n) is 8.82. The molecule has 0 bridgehead atoms. The summed E-state index contributed by atoms with van der Waals surface area (Å²) >= 11 is 1.72. The minimum atomic E-state index is 0.343. The lowest BCUT2D eigenvalue weighted by Gasteiger charge is -2.10. The van der Waals surface area contributed by atoms with Crippen LogP contribution in [-0.4, -0.2) is 15.2 Å². The summed E-state index contributed by atoms with van der Waals surface area (Å²) in [6, 6.07) is 2.47. The zero-order valence-corrected chi connectivity index (χ0v) is 9.64. The summed E-state index contributed by atoms with van der Waals surface area (Å²) in [5.74, 6) is 1.67. The summed E-state index contributed by atoms with van der Waals surface area (Å²) in [7, 11) is 0. The van der Waals surface area contributed by atoms with Gasteiger partial charge in [-0.2, -0.15) is 16.4 Å². The second kappa shape index (κ2) is 4.55. The normalized spacial score (nSPS) is 12.9. The van der Waals surface area contributed by atoms with Gasteiger partial charge in [0.05, 0.1) is 6.54 Å². The molecule has 4 nitrogen and oxygen atoms in total. The number of thiophene rings is 1. The van der Waals surface area contributed by atoms with Crippen molar-refractivity contribution in [1.82, 2.24) is 20.5 Å². The number of hydrogen-bond donors (Lipinski definition) is 2. The molecule has 0 amide bonds. The van der Waals surface area contributed by atoms with Crippen molar-refractivity contribution < 1.29 is 0 Å². The Morgan fingerprint density at radius 2 is 2.47 bits per heavy atom. The number of aryl methyl sites for hydroxylation is 1. The first-order chi connectivity index (χ1) is 7.25. The lowest BCUT2D eigenvalue weighted by atomic mass is 10.2. The number of rotatable bonds is 4. The molecule has 1 unspecified atom stereocenters. The molecule has 2 heterocycles. The molecule has 2 aromatic heterocycles. The average Bonchev–Trinajstić information content (AvgIpc) is 2.84. The molecular formula is C10H14N4S. The molecule has 0 aliphatic carbocycles. The van der Waals surface area contributed by atoms with E-state index in [1.165, 1.54) is 5.56 Å². The molecule has 80 valence electrons. The summed E-state index contributed by atoms with van der Waals surface area (Å²) in [6.07, 6.45) is 0. The molecule has 2 rings (SSSR count). The van der Waals surface area contributed by atoms with Crippen LogP contribution in [-0.2, 0) is 6.54 Å². The standard InChI is InChI=1S/C10H14N4S/c1-7(9-3-4-15-6-9)11-5-10-12-8(2)13-14-10/h3-4,6-7,11H,5H2,1-2H3,(H,12,13,14). The van der Waals surface area contributed by atoms with Crippen LogP contribution in [0.5, 0.6) is 0 Å². The van der Waals surface area contributed by atoms with Crippen molar-refractivity contribution >= 4 is 11.3 Å². The number of H-pyrrole nitrogens is 1. The second-order valence-electron chi connectivity index (χ2n) is 3.50. The third-order valence-electron chi connectivity index (χ3n) is 2.25. The first-order valence-electron chi connectivity index (χ1n) is 4.89. The van der Waals surface area contributed by atoms with Crippen LogP contribution in [0.3, 0.4) is 0 Å². The Bertz CT molecular complexity index is 407. The van der Waals surface area contributed by atoms with Gasteiger partial charge in [-0.05, 0) is 36.2 Å². The van der Waals surface area contributed by atoms with Gasteiger partial charge in [0, 0.05) is 6.04 Å². The van der Waals surface area contributed by atoms with E-state index in [1.54, 1.807) is 11.3 Å². The van der Waals surface area contributed by atoms with E-state index in [9.17, 15) is 0 Å². The van der Waals surface area contributed by atoms with Gasteiger partial charge < -0.3 is 5.32 Å². The fraction of sp³-hybridized carbons (Fsp3) is 0.400. The minimum Gasteiger partial charge on any atom is -0.303 e. The lowest BCUT2D eigenvalue weighted by molar-refractivity contribution is 0.561. The van der Waals surface area contributed by atoms with Crippen LogP contribution in [0.15, 0.2) is 16.8 Å². The van der Waals surface area contributed by atoms with Gasteiger partial charge in [-0.1, -0.05) is 0 Å². The van der Waals surface area contributed by atoms with Crippen LogP contribution in [0.2, 0.25) is 0 Å². The number of nitrogens with zero attached hydrogens (tertiary/aromatic N) is 2. The van der Waals surface area contributed by atoms with E-state index in [-0.39, 0.29) is 0 Å². The number of aromatic nitrogens is 3. The highest BCUT2D eigenvalue weighted by molar-refractivity contribution is 7.07. The third kappa shape index (κ3) is 2.64. The summed E-state index contributed by atoms with van der Waals surface area (Å²) < 4.78 is 0. The van der Waals surface area contributed by atoms with Gasteiger partial charge in [0.25, 0.3) is 0 Å². The maximum atomic E-state index is 4.24. The molecule has 0 fully saturated rings. The number of aromatic amines is 1. The maximum absolute atomic E-state index is 4.24. The van der Waals surface area contributed by atoms with Crippen molar-refractivity contribution in [3.63, 3.8) is 0 Å². The molecule has 2 N–H and O–H groups in total. The molecule has 15 heavy (non-hydrogen) atoms. The Morgan fingerprint density at radius 3 is 3.07 bits per heavy atom. The SMILES string of the molecule is Cc1nc(CNC(C)c2ccsc2)n[nH]1. The third-order valence-corrected chi connectivity index (χ3v) is 2.95. The fourth-order valence-corrected chi connectivity index (χ4v) is 2.11. The van der Waals surface area contributed by atoms with Crippen molar-refractivity contribution in [3.8, 4) is 0 Å². The van der Waals surface area contributed by atoms with Crippen molar-refractivity contribution in [2.24, 2.45) is 0 Å². The molecule has 0 aliphatic heterocycles. The molecule has 1 atom stereocenters. The van der Waals surface area contributed by atoms with E-state index >= 15 is 0 Å². The summed E-state index contributed by atoms with van der Waals surface area (Å²) in [5, 5.41) is 14.5. The smallest absolute Gasteiger partial charge is 0.164 e. The van der Waals surface area contributed by atoms with Gasteiger partial charge in [-0.25, -0.2) is 4.98 Å². The molecule has 0 saturated heterocycles. The van der Waals surface area contributed by atoms with Crippen LogP contribution in [0.4, 0.5) is 0 Å². The van der Waals surface area contributed by atoms with Crippen LogP contribution >= 0.6 is 11.3 Å². The molecule has 0 radical (unpaired) electrons. The zero-order chi connectivity index (χ0) is 10.7. The largest absolute Gasteiger partial charge is 0.303 e. The van der Waals surface area contributed by atoms with Gasteiger partial charge in [0.2, 0.25) is 0 Å². The van der Waals surface area contributed by atoms with E-state index in [4.69, 9.17) is 0 Å². The van der Waals surface area contributed by atoms with Crippen LogP contribution in [0.25, 0.3) is 0 Å². The van der Waals surface area contributed by atoms with Gasteiger partial charge >= 0.3 is 0 Å². The number of nitrogens with one attached hydrogen (secondary N) is 2. The minimum absolute atomic E-state index is 0.343. The van der Waals surface area contributed by atoms with Crippen LogP contribution < -0.4 is 5.32 Å². The topological polar surface area (TPSA) is 53.6 Å². The van der Waals surface area contributed by atoms with Crippen molar-refractivity contribution in [2.75, 3.05) is 0 Å². The molecule has 0 spiro atoms. The molecule has 0 aromatic carbocycles. The van der Waals surface area contributed by atoms with Crippen molar-refractivity contribution in [1.29, 1.82) is 0 Å². The predicted molar refractivity (Wildman–Crippen MR) is 60.7 cm³/mol. The summed E-state index contributed by atoms with van der Waals surface area (Å²) in [5.41, 5.74) is 1.31. The van der Waals surface area contributed by atoms with E-state index in [2.05, 4.69) is 44.2 Å². The Labute approximate surface area is 92.8 Å². The number of hydrogen-bond acceptors (Lipinski definition) is 4. The van der Waals surface area contributed by atoms with E-state index in [1.807, 2.05) is 6.92 Å². The van der Waals surface area contributed by atoms with Gasteiger partial charge in [-0.3, -0.25) is 5.10 Å². The van der Waals surface area contributed by atoms with Crippen molar-refractivity contribution in [3.05, 3.63) is 34.0 Å². The molecule has 0 saturated carbocycles. The first-order valence-corrected chi connectivity index (χ1v) is 5.83. The molecular weight excluding hydrogens is 208 g/mol. The molecule has 0 aliphatic rings. The monoisotopic (exact) mass is 222 g/mol. The Hall–Kier alpha value is -1.20. The summed E-state index contributed by atoms with van der Waals surface area (Å²) in [4.78, 5) is 4.24. The summed E-state index contributed by atoms with van der Waals surface area (Å²) in [6.45, 7) is 4.74. The highest BCUT2D eigenvalue weighted by atomic mass is 32.1. The van der Waals surface area contributed by atoms with Gasteiger partial charge in [0.15, 0.2) is 5.82 Å². The van der Waals surface area contributed by atoms with E-state index in [0.717, 1.165) is 11.6 Å². The fourth-order valence-electron chi connectivity index (χ4n) is 1.35. The average molecular weight is 222 g/mol. The van der Waals surface area contributed by atoms with Crippen molar-refractivity contribution in [2.45, 2.75) is 26.4 Å². The quantitative estimate of drug-likeness (QED) is 0.832. The first kappa shape index (κ1) is 10.3. The molecule has 5 heteroatoms. The predicted octanol–water partition coefficient (Wildman–Crippen LogP) is 2.03. The maximum Gasteiger partial charge on any atom is 0.164 e. The van der Waals surface area contributed by atoms with Crippen LogP contribution in [0, 0.1) is 6.92 Å². The van der Waals surface area contributed by atoms with Crippen LogP contribution in [0.1, 0.15) is 30.2 Å². The Morgan fingerprint density at radius 1 is 1.60 bits per heavy atom. The Kier molecular flexibility index (Phi) is 3.13. The highest BCUT2D eigenvalue weighted by Gasteiger charge is 2.06. The van der Waals surface area contributed by atoms with Gasteiger partial charge in [0.1, 0.15) is 5.82 Å². The highest BCUT2D eigenvalue weighted by Crippen LogP contribution is 2.15. The molecule has 2 aromatic rings. The van der Waals surface area contributed by atoms with Gasteiger partial charge in [-0.15, -0.1) is 0 Å². The van der Waals surface area contributed by atoms with E-state index in [0.29, 0.717) is 12.6 Å². The second-order valence-corrected chi connectivity index (χ2v) is 4.28. The lowest BCUT2D eigenvalue weighted by Crippen LogP contribution is -2.18. The Balaban J connectivity index is 1.88.